The lowest BCUT2D eigenvalue weighted by molar-refractivity contribution is -0.140. The van der Waals surface area contributed by atoms with Crippen molar-refractivity contribution in [1.82, 2.24) is 0 Å². The number of hydrogen-bond donors (Lipinski definition) is 0. The third-order valence-corrected chi connectivity index (χ3v) is 2.83. The molecule has 0 amide bonds. The average Bonchev–Trinajstić information content (AvgIpc) is 2.49. The lowest BCUT2D eigenvalue weighted by atomic mass is 10.2. The fourth-order valence-corrected chi connectivity index (χ4v) is 1.68. The van der Waals surface area contributed by atoms with Crippen LogP contribution in [0.3, 0.4) is 0 Å². The maximum Gasteiger partial charge on any atom is 0.305 e. The van der Waals surface area contributed by atoms with Crippen molar-refractivity contribution in [2.75, 3.05) is 7.04 Å². The molecule has 0 aliphatic rings. The highest BCUT2D eigenvalue weighted by Crippen LogP contribution is 2.02. The molecule has 21 heavy (non-hydrogen) atoms. The maximum absolute atomic E-state index is 11.2. The van der Waals surface area contributed by atoms with Crippen LogP contribution in [0.15, 0.2) is 48.6 Å². The van der Waals surface area contributed by atoms with E-state index < -0.39 is 13.0 Å². The van der Waals surface area contributed by atoms with Crippen LogP contribution >= 0.6 is 0 Å². The Kier molecular flexibility index (Phi) is 11.3. The molecule has 0 aromatic heterocycles. The molecular formula is C19H30O2. The lowest BCUT2D eigenvalue weighted by Gasteiger charge is -1.96. The Labute approximate surface area is 134 Å². The molecule has 2 heteroatoms. The van der Waals surface area contributed by atoms with Crippen molar-refractivity contribution in [2.24, 2.45) is 0 Å². The van der Waals surface area contributed by atoms with E-state index in [1.807, 2.05) is 0 Å². The Morgan fingerprint density at radius 2 is 1.48 bits per heavy atom. The first-order valence-electron chi connectivity index (χ1n) is 9.27. The first-order valence-corrected chi connectivity index (χ1v) is 7.77. The summed E-state index contributed by atoms with van der Waals surface area (Å²) in [4.78, 5) is 11.2. The quantitative estimate of drug-likeness (QED) is 0.269. The highest BCUT2D eigenvalue weighted by Gasteiger charge is 1.97. The number of rotatable bonds is 12. The van der Waals surface area contributed by atoms with Crippen LogP contribution in [0.25, 0.3) is 0 Å². The van der Waals surface area contributed by atoms with Gasteiger partial charge in [0, 0.05) is 6.42 Å². The summed E-state index contributed by atoms with van der Waals surface area (Å²) >= 11 is 0. The molecule has 0 rings (SSSR count). The second-order valence-electron chi connectivity index (χ2n) is 4.72. The van der Waals surface area contributed by atoms with Gasteiger partial charge in [-0.05, 0) is 44.9 Å². The summed E-state index contributed by atoms with van der Waals surface area (Å²) in [5, 5.41) is 0. The van der Waals surface area contributed by atoms with Crippen molar-refractivity contribution in [3.05, 3.63) is 48.6 Å². The van der Waals surface area contributed by atoms with Crippen LogP contribution in [0.5, 0.6) is 0 Å². The minimum absolute atomic E-state index is 0.159. The average molecular weight is 293 g/mol. The van der Waals surface area contributed by atoms with Crippen LogP contribution < -0.4 is 0 Å². The van der Waals surface area contributed by atoms with E-state index in [1.54, 1.807) is 0 Å². The molecule has 0 bridgehead atoms. The van der Waals surface area contributed by atoms with Crippen LogP contribution in [0.1, 0.15) is 62.4 Å². The zero-order chi connectivity index (χ0) is 18.1. The minimum atomic E-state index is -2.62. The molecule has 0 saturated heterocycles. The molecule has 0 N–H and O–H groups in total. The zero-order valence-corrected chi connectivity index (χ0v) is 13.1. The predicted molar refractivity (Wildman–Crippen MR) is 91.2 cm³/mol. The summed E-state index contributed by atoms with van der Waals surface area (Å²) in [6, 6.07) is 0. The molecule has 2 nitrogen and oxygen atoms in total. The zero-order valence-electron chi connectivity index (χ0n) is 16.1. The Hall–Kier alpha value is -1.57. The number of allylic oxidation sites excluding steroid dienone is 8. The molecule has 0 aromatic carbocycles. The highest BCUT2D eigenvalue weighted by molar-refractivity contribution is 5.68. The Balaban J connectivity index is 3.51. The summed E-state index contributed by atoms with van der Waals surface area (Å²) in [6.07, 6.45) is 23.6. The molecule has 0 aliphatic heterocycles. The summed E-state index contributed by atoms with van der Waals surface area (Å²) in [6.45, 7) is 2.13. The summed E-state index contributed by atoms with van der Waals surface area (Å²) in [7, 11) is -2.62. The second-order valence-corrected chi connectivity index (χ2v) is 4.72. The van der Waals surface area contributed by atoms with Gasteiger partial charge in [-0.15, -0.1) is 0 Å². The van der Waals surface area contributed by atoms with E-state index in [9.17, 15) is 4.79 Å². The molecule has 0 aliphatic carbocycles. The molecule has 0 fully saturated rings. The van der Waals surface area contributed by atoms with Crippen LogP contribution in [0.2, 0.25) is 0 Å². The van der Waals surface area contributed by atoms with E-state index in [0.29, 0.717) is 6.42 Å². The summed E-state index contributed by atoms with van der Waals surface area (Å²) < 4.78 is 24.7. The molecule has 0 spiro atoms. The van der Waals surface area contributed by atoms with Crippen molar-refractivity contribution >= 4 is 5.97 Å². The molecule has 118 valence electrons. The normalized spacial score (nSPS) is 15.0. The molecule has 0 heterocycles. The van der Waals surface area contributed by atoms with Gasteiger partial charge < -0.3 is 4.74 Å². The van der Waals surface area contributed by atoms with Crippen molar-refractivity contribution in [2.45, 2.75) is 58.3 Å². The smallest absolute Gasteiger partial charge is 0.305 e. The summed E-state index contributed by atoms with van der Waals surface area (Å²) in [5.41, 5.74) is 0. The number of unbranched alkanes of at least 4 members (excludes halogenated alkanes) is 2. The largest absolute Gasteiger partial charge is 0.469 e. The van der Waals surface area contributed by atoms with Crippen molar-refractivity contribution in [3.63, 3.8) is 0 Å². The minimum Gasteiger partial charge on any atom is -0.469 e. The number of carbonyl (C=O) groups excluding carboxylic acids is 1. The summed E-state index contributed by atoms with van der Waals surface area (Å²) in [5.74, 6) is -0.653. The molecule has 0 atom stereocenters. The number of esters is 1. The molecule has 0 radical (unpaired) electrons. The number of carbonyl (C=O) groups is 1. The fourth-order valence-electron chi connectivity index (χ4n) is 1.68. The van der Waals surface area contributed by atoms with Crippen molar-refractivity contribution in [3.8, 4) is 0 Å². The van der Waals surface area contributed by atoms with Crippen LogP contribution in [-0.4, -0.2) is 13.0 Å². The maximum atomic E-state index is 11.2. The van der Waals surface area contributed by atoms with Gasteiger partial charge in [0.05, 0.1) is 11.2 Å². The SMILES string of the molecule is [2H]C([2H])([2H])OC(=O)CCCC/C=C\C/C=C\C/C=C\C/C=C\CC. The predicted octanol–water partition coefficient (Wildman–Crippen LogP) is 5.52. The van der Waals surface area contributed by atoms with Gasteiger partial charge in [-0.3, -0.25) is 4.79 Å². The molecular weight excluding hydrogens is 260 g/mol. The Morgan fingerprint density at radius 1 is 0.905 bits per heavy atom. The van der Waals surface area contributed by atoms with E-state index in [-0.39, 0.29) is 6.42 Å². The second kappa shape index (κ2) is 16.5. The van der Waals surface area contributed by atoms with Gasteiger partial charge in [0.25, 0.3) is 0 Å². The third-order valence-electron chi connectivity index (χ3n) is 2.83. The molecule has 0 aromatic rings. The number of hydrogen-bond acceptors (Lipinski definition) is 2. The topological polar surface area (TPSA) is 26.3 Å². The van der Waals surface area contributed by atoms with Gasteiger partial charge in [-0.25, -0.2) is 0 Å². The van der Waals surface area contributed by atoms with E-state index in [1.165, 1.54) is 0 Å². The monoisotopic (exact) mass is 293 g/mol. The van der Waals surface area contributed by atoms with E-state index in [4.69, 9.17) is 4.11 Å². The fraction of sp³-hybridized carbons (Fsp3) is 0.526. The van der Waals surface area contributed by atoms with Gasteiger partial charge in [0.1, 0.15) is 0 Å². The highest BCUT2D eigenvalue weighted by atomic mass is 16.5. The van der Waals surface area contributed by atoms with Gasteiger partial charge in [-0.1, -0.05) is 55.5 Å². The number of methoxy groups -OCH3 is 1. The van der Waals surface area contributed by atoms with Crippen LogP contribution in [-0.2, 0) is 9.53 Å². The van der Waals surface area contributed by atoms with Crippen molar-refractivity contribution < 1.29 is 13.6 Å². The molecule has 0 unspecified atom stereocenters. The van der Waals surface area contributed by atoms with Gasteiger partial charge >= 0.3 is 5.97 Å². The Bertz CT molecular complexity index is 432. The van der Waals surface area contributed by atoms with E-state index >= 15 is 0 Å². The van der Waals surface area contributed by atoms with Crippen LogP contribution in [0, 0.1) is 0 Å². The standard InChI is InChI=1S/C19H30O2/c1-3-4-5-6-7-8-9-10-11-12-13-14-15-16-17-18-19(20)21-2/h4-5,7-8,10-11,13-14H,3,6,9,12,15-18H2,1-2H3/b5-4-,8-7-,11-10-,14-13-/i2D3. The lowest BCUT2D eigenvalue weighted by Crippen LogP contribution is -1.98. The first kappa shape index (κ1) is 14.4. The van der Waals surface area contributed by atoms with Crippen molar-refractivity contribution in [1.29, 1.82) is 0 Å². The van der Waals surface area contributed by atoms with Gasteiger partial charge in [0.2, 0.25) is 0 Å². The van der Waals surface area contributed by atoms with Gasteiger partial charge in [-0.2, -0.15) is 0 Å². The third kappa shape index (κ3) is 16.4. The van der Waals surface area contributed by atoms with E-state index in [0.717, 1.165) is 38.5 Å². The van der Waals surface area contributed by atoms with Crippen LogP contribution in [0.4, 0.5) is 0 Å². The first-order chi connectivity index (χ1) is 11.5. The number of ether oxygens (including phenoxy) is 1. The molecule has 0 saturated carbocycles. The van der Waals surface area contributed by atoms with Gasteiger partial charge in [0.15, 0.2) is 0 Å². The van der Waals surface area contributed by atoms with E-state index in [2.05, 4.69) is 60.3 Å². The Morgan fingerprint density at radius 3 is 2.05 bits per heavy atom.